The lowest BCUT2D eigenvalue weighted by Crippen LogP contribution is -2.40. The van der Waals surface area contributed by atoms with E-state index >= 15 is 0 Å². The van der Waals surface area contributed by atoms with Gasteiger partial charge in [-0.25, -0.2) is 17.5 Å². The molecule has 1 aromatic carbocycles. The molecule has 0 aliphatic carbocycles. The molecule has 2 aromatic rings. The summed E-state index contributed by atoms with van der Waals surface area (Å²) < 4.78 is 39.3. The zero-order valence-electron chi connectivity index (χ0n) is 14.0. The van der Waals surface area contributed by atoms with Gasteiger partial charge >= 0.3 is 0 Å². The van der Waals surface area contributed by atoms with Gasteiger partial charge in [0.2, 0.25) is 0 Å². The molecular formula is C16H18FN5O3S. The van der Waals surface area contributed by atoms with Crippen LogP contribution in [0, 0.1) is 5.82 Å². The number of anilines is 1. The molecule has 138 valence electrons. The van der Waals surface area contributed by atoms with E-state index < -0.39 is 9.84 Å². The smallest absolute Gasteiger partial charge is 0.153 e. The third kappa shape index (κ3) is 3.55. The van der Waals surface area contributed by atoms with Gasteiger partial charge in [0.25, 0.3) is 0 Å². The van der Waals surface area contributed by atoms with E-state index in [-0.39, 0.29) is 23.4 Å². The van der Waals surface area contributed by atoms with Crippen LogP contribution in [0.3, 0.4) is 0 Å². The monoisotopic (exact) mass is 379 g/mol. The third-order valence-electron chi connectivity index (χ3n) is 4.56. The predicted octanol–water partition coefficient (Wildman–Crippen LogP) is 0.845. The molecule has 0 N–H and O–H groups in total. The Morgan fingerprint density at radius 2 is 2.08 bits per heavy atom. The van der Waals surface area contributed by atoms with Crippen LogP contribution in [0.2, 0.25) is 0 Å². The van der Waals surface area contributed by atoms with Crippen molar-refractivity contribution in [3.63, 3.8) is 0 Å². The summed E-state index contributed by atoms with van der Waals surface area (Å²) in [4.78, 5) is 7.17. The summed E-state index contributed by atoms with van der Waals surface area (Å²) in [6, 6.07) is 4.90. The normalized spacial score (nSPS) is 22.1. The highest BCUT2D eigenvalue weighted by Crippen LogP contribution is 2.25. The fourth-order valence-electron chi connectivity index (χ4n) is 3.13. The van der Waals surface area contributed by atoms with E-state index in [9.17, 15) is 12.8 Å². The second kappa shape index (κ2) is 6.67. The Balaban J connectivity index is 1.43. The number of hydrogen-bond donors (Lipinski definition) is 0. The van der Waals surface area contributed by atoms with Gasteiger partial charge in [0.15, 0.2) is 15.9 Å². The van der Waals surface area contributed by atoms with E-state index in [0.717, 1.165) is 0 Å². The molecule has 1 unspecified atom stereocenters. The number of aromatic nitrogens is 3. The standard InChI is InChI=1S/C16H18FN5O3S/c17-14-9-12(1-2-16(14)21-5-7-26(23,24)8-6-21)15-10-13(25-19-15)11-22-4-3-18-20-22/h1-4,9,13H,5-8,10-11H2. The number of nitrogens with zero attached hydrogens (tertiary/aromatic N) is 5. The van der Waals surface area contributed by atoms with Crippen molar-refractivity contribution in [1.82, 2.24) is 15.0 Å². The topological polar surface area (TPSA) is 89.7 Å². The van der Waals surface area contributed by atoms with Gasteiger partial charge in [-0.15, -0.1) is 5.10 Å². The summed E-state index contributed by atoms with van der Waals surface area (Å²) in [5, 5.41) is 11.7. The minimum absolute atomic E-state index is 0.0543. The molecular weight excluding hydrogens is 361 g/mol. The Labute approximate surface area is 150 Å². The zero-order valence-corrected chi connectivity index (χ0v) is 14.8. The van der Waals surface area contributed by atoms with Crippen LogP contribution in [-0.4, -0.2) is 59.8 Å². The van der Waals surface area contributed by atoms with Crippen molar-refractivity contribution in [3.8, 4) is 0 Å². The molecule has 0 amide bonds. The number of rotatable bonds is 4. The lowest BCUT2D eigenvalue weighted by atomic mass is 10.0. The van der Waals surface area contributed by atoms with Gasteiger partial charge in [-0.3, -0.25) is 0 Å². The van der Waals surface area contributed by atoms with Gasteiger partial charge < -0.3 is 9.74 Å². The second-order valence-corrected chi connectivity index (χ2v) is 8.70. The number of hydrogen-bond acceptors (Lipinski definition) is 7. The van der Waals surface area contributed by atoms with Crippen LogP contribution in [0.1, 0.15) is 12.0 Å². The maximum Gasteiger partial charge on any atom is 0.153 e. The Bertz CT molecular complexity index is 915. The van der Waals surface area contributed by atoms with Crippen LogP contribution in [0.4, 0.5) is 10.1 Å². The molecule has 26 heavy (non-hydrogen) atoms. The summed E-state index contributed by atoms with van der Waals surface area (Å²) in [6.45, 7) is 1.14. The quantitative estimate of drug-likeness (QED) is 0.782. The first-order valence-electron chi connectivity index (χ1n) is 8.32. The first kappa shape index (κ1) is 17.0. The summed E-state index contributed by atoms with van der Waals surface area (Å²) >= 11 is 0. The van der Waals surface area contributed by atoms with Crippen molar-refractivity contribution in [1.29, 1.82) is 0 Å². The van der Waals surface area contributed by atoms with Gasteiger partial charge in [-0.1, -0.05) is 16.4 Å². The van der Waals surface area contributed by atoms with Crippen LogP contribution >= 0.6 is 0 Å². The molecule has 1 aromatic heterocycles. The third-order valence-corrected chi connectivity index (χ3v) is 6.17. The fourth-order valence-corrected chi connectivity index (χ4v) is 4.33. The summed E-state index contributed by atoms with van der Waals surface area (Å²) in [6.07, 6.45) is 3.73. The molecule has 8 nitrogen and oxygen atoms in total. The molecule has 10 heteroatoms. The van der Waals surface area contributed by atoms with Gasteiger partial charge in [-0.2, -0.15) is 0 Å². The fraction of sp³-hybridized carbons (Fsp3) is 0.438. The van der Waals surface area contributed by atoms with Crippen molar-refractivity contribution in [2.24, 2.45) is 5.16 Å². The summed E-state index contributed by atoms with van der Waals surface area (Å²) in [5.74, 6) is -0.276. The van der Waals surface area contributed by atoms with Crippen LogP contribution in [0.25, 0.3) is 0 Å². The Morgan fingerprint density at radius 3 is 2.77 bits per heavy atom. The van der Waals surface area contributed by atoms with E-state index in [4.69, 9.17) is 4.84 Å². The van der Waals surface area contributed by atoms with Crippen molar-refractivity contribution in [3.05, 3.63) is 42.0 Å². The molecule has 0 bridgehead atoms. The first-order chi connectivity index (χ1) is 12.5. The number of sulfone groups is 1. The van der Waals surface area contributed by atoms with Gasteiger partial charge in [0.05, 0.1) is 35.6 Å². The van der Waals surface area contributed by atoms with Crippen LogP contribution in [-0.2, 0) is 21.2 Å². The molecule has 1 atom stereocenters. The molecule has 0 spiro atoms. The zero-order chi connectivity index (χ0) is 18.1. The van der Waals surface area contributed by atoms with E-state index in [1.54, 1.807) is 34.1 Å². The van der Waals surface area contributed by atoms with E-state index in [1.165, 1.54) is 6.07 Å². The SMILES string of the molecule is O=S1(=O)CCN(c2ccc(C3=NOC(Cn4ccnn4)C3)cc2F)CC1. The van der Waals surface area contributed by atoms with Crippen LogP contribution in [0.15, 0.2) is 35.7 Å². The minimum atomic E-state index is -3.00. The van der Waals surface area contributed by atoms with Crippen molar-refractivity contribution >= 4 is 21.2 Å². The molecule has 0 radical (unpaired) electrons. The van der Waals surface area contributed by atoms with Crippen molar-refractivity contribution in [2.45, 2.75) is 19.1 Å². The largest absolute Gasteiger partial charge is 0.390 e. The Kier molecular flexibility index (Phi) is 4.35. The van der Waals surface area contributed by atoms with E-state index in [0.29, 0.717) is 43.0 Å². The molecule has 1 fully saturated rings. The summed E-state index contributed by atoms with van der Waals surface area (Å²) in [7, 11) is -3.00. The molecule has 4 rings (SSSR count). The average Bonchev–Trinajstić information content (AvgIpc) is 3.28. The van der Waals surface area contributed by atoms with Gasteiger partial charge in [-0.05, 0) is 12.1 Å². The molecule has 0 saturated carbocycles. The molecule has 1 saturated heterocycles. The van der Waals surface area contributed by atoms with Gasteiger partial charge in [0.1, 0.15) is 5.82 Å². The van der Waals surface area contributed by atoms with Crippen molar-refractivity contribution < 1.29 is 17.6 Å². The van der Waals surface area contributed by atoms with Gasteiger partial charge in [0, 0.05) is 31.3 Å². The van der Waals surface area contributed by atoms with Crippen molar-refractivity contribution in [2.75, 3.05) is 29.5 Å². The lowest BCUT2D eigenvalue weighted by molar-refractivity contribution is 0.0693. The van der Waals surface area contributed by atoms with E-state index in [1.807, 2.05) is 0 Å². The maximum absolute atomic E-state index is 14.6. The number of halogens is 1. The summed E-state index contributed by atoms with van der Waals surface area (Å²) in [5.41, 5.74) is 1.76. The maximum atomic E-state index is 14.6. The molecule has 3 heterocycles. The van der Waals surface area contributed by atoms with Crippen LogP contribution < -0.4 is 4.90 Å². The first-order valence-corrected chi connectivity index (χ1v) is 10.1. The number of benzene rings is 1. The van der Waals surface area contributed by atoms with Crippen LogP contribution in [0.5, 0.6) is 0 Å². The lowest BCUT2D eigenvalue weighted by Gasteiger charge is -2.29. The highest BCUT2D eigenvalue weighted by Gasteiger charge is 2.26. The minimum Gasteiger partial charge on any atom is -0.390 e. The highest BCUT2D eigenvalue weighted by atomic mass is 32.2. The highest BCUT2D eigenvalue weighted by molar-refractivity contribution is 7.91. The average molecular weight is 379 g/mol. The Morgan fingerprint density at radius 1 is 1.27 bits per heavy atom. The predicted molar refractivity (Wildman–Crippen MR) is 93.3 cm³/mol. The van der Waals surface area contributed by atoms with E-state index in [2.05, 4.69) is 15.5 Å². The number of oxime groups is 1. The molecule has 2 aliphatic rings. The molecule has 2 aliphatic heterocycles. The Hall–Kier alpha value is -2.49. The second-order valence-electron chi connectivity index (χ2n) is 6.40.